The molecule has 78 valence electrons. The summed E-state index contributed by atoms with van der Waals surface area (Å²) in [5.41, 5.74) is 0. The van der Waals surface area contributed by atoms with Crippen LogP contribution in [0.2, 0.25) is 0 Å². The van der Waals surface area contributed by atoms with Crippen molar-refractivity contribution >= 4 is 43.0 Å². The largest absolute Gasteiger partial charge is 5.00 e. The van der Waals surface area contributed by atoms with Crippen LogP contribution < -0.4 is 0 Å². The summed E-state index contributed by atoms with van der Waals surface area (Å²) in [6, 6.07) is 0. The number of carbonyl (C=O) groups excluding carboxylic acids is 1. The molecule has 2 nitrogen and oxygen atoms in total. The van der Waals surface area contributed by atoms with Crippen LogP contribution in [0, 0.1) is 5.92 Å². The molecule has 0 aliphatic heterocycles. The maximum absolute atomic E-state index is 10.7. The van der Waals surface area contributed by atoms with Gasteiger partial charge in [0.1, 0.15) is 0 Å². The molecule has 0 spiro atoms. The van der Waals surface area contributed by atoms with Crippen molar-refractivity contribution in [1.82, 2.24) is 0 Å². The van der Waals surface area contributed by atoms with E-state index in [-0.39, 0.29) is 36.2 Å². The van der Waals surface area contributed by atoms with Gasteiger partial charge in [0.05, 0.1) is 12.4 Å². The van der Waals surface area contributed by atoms with E-state index in [0.29, 0.717) is 6.61 Å². The topological polar surface area (TPSA) is 26.3 Å². The molecule has 0 aliphatic carbocycles. The summed E-state index contributed by atoms with van der Waals surface area (Å²) in [6.45, 7) is 5.00. The van der Waals surface area contributed by atoms with Crippen LogP contribution in [0.5, 0.6) is 0 Å². The molecule has 0 rings (SSSR count). The van der Waals surface area contributed by atoms with Crippen LogP contribution in [0.3, 0.4) is 0 Å². The Morgan fingerprint density at radius 2 is 1.93 bits per heavy atom. The Balaban J connectivity index is 0. The number of hydrogen-bond donors (Lipinski definition) is 1. The third-order valence-corrected chi connectivity index (χ3v) is 2.08. The van der Waals surface area contributed by atoms with Gasteiger partial charge >= 0.3 is 30.4 Å². The molecule has 0 heterocycles. The van der Waals surface area contributed by atoms with Gasteiger partial charge in [-0.1, -0.05) is 33.1 Å². The van der Waals surface area contributed by atoms with Gasteiger partial charge in [0.25, 0.3) is 0 Å². The van der Waals surface area contributed by atoms with Crippen molar-refractivity contribution in [3.63, 3.8) is 0 Å². The molecule has 14 heavy (non-hydrogen) atoms. The van der Waals surface area contributed by atoms with Crippen LogP contribution in [-0.4, -0.2) is 42.8 Å². The summed E-state index contributed by atoms with van der Waals surface area (Å²) in [7, 11) is 0. The molecule has 0 atom stereocenters. The van der Waals surface area contributed by atoms with Gasteiger partial charge in [-0.25, -0.2) is 0 Å². The smallest absolute Gasteiger partial charge is 0.465 e. The zero-order valence-corrected chi connectivity index (χ0v) is 12.5. The van der Waals surface area contributed by atoms with E-state index < -0.39 is 0 Å². The molecule has 0 aromatic carbocycles. The number of ether oxygens (including phenoxy) is 1. The third kappa shape index (κ3) is 12.6. The first-order valence-electron chi connectivity index (χ1n) is 4.93. The fraction of sp³-hybridized carbons (Fsp3) is 0.900. The van der Waals surface area contributed by atoms with E-state index in [1.54, 1.807) is 0 Å². The predicted molar refractivity (Wildman–Crippen MR) is 63.9 cm³/mol. The van der Waals surface area contributed by atoms with Crippen molar-refractivity contribution in [3.05, 3.63) is 0 Å². The van der Waals surface area contributed by atoms with Crippen molar-refractivity contribution < 1.29 is 9.53 Å². The van der Waals surface area contributed by atoms with Crippen molar-refractivity contribution in [2.75, 3.05) is 12.4 Å². The minimum absolute atomic E-state index is 0. The molecular formula is C10H20O2SSb+5. The number of rotatable bonds is 7. The SMILES string of the molecule is CC(C)CCCCCOC(=O)CS.[Sb+5]. The van der Waals surface area contributed by atoms with E-state index in [1.807, 2.05) is 0 Å². The van der Waals surface area contributed by atoms with E-state index in [4.69, 9.17) is 4.74 Å². The normalized spacial score (nSPS) is 9.71. The van der Waals surface area contributed by atoms with Crippen molar-refractivity contribution in [3.8, 4) is 0 Å². The summed E-state index contributed by atoms with van der Waals surface area (Å²) >= 11 is 3.81. The maximum atomic E-state index is 10.7. The monoisotopic (exact) mass is 325 g/mol. The molecule has 4 heteroatoms. The number of thiol groups is 1. The standard InChI is InChI=1S/C10H20O2S.Sb/c1-9(2)6-4-3-5-7-12-10(11)8-13;/h9,13H,3-8H2,1-2H3;/q;+5. The second-order valence-corrected chi connectivity index (χ2v) is 3.94. The molecular weight excluding hydrogens is 306 g/mol. The minimum Gasteiger partial charge on any atom is -0.465 e. The molecule has 0 unspecified atom stereocenters. The fourth-order valence-corrected chi connectivity index (χ4v) is 1.15. The van der Waals surface area contributed by atoms with E-state index >= 15 is 0 Å². The van der Waals surface area contributed by atoms with Gasteiger partial charge in [-0.05, 0) is 12.3 Å². The summed E-state index contributed by atoms with van der Waals surface area (Å²) in [5, 5.41) is 0. The van der Waals surface area contributed by atoms with Gasteiger partial charge in [-0.15, -0.1) is 0 Å². The number of hydrogen-bond acceptors (Lipinski definition) is 3. The average molecular weight is 326 g/mol. The average Bonchev–Trinajstić information content (AvgIpc) is 2.10. The van der Waals surface area contributed by atoms with E-state index in [9.17, 15) is 4.79 Å². The second-order valence-electron chi connectivity index (χ2n) is 3.62. The number of esters is 1. The zero-order chi connectivity index (χ0) is 10.1. The van der Waals surface area contributed by atoms with Crippen molar-refractivity contribution in [2.45, 2.75) is 39.5 Å². The fourth-order valence-electron chi connectivity index (χ4n) is 1.06. The molecule has 0 radical (unpaired) electrons. The van der Waals surface area contributed by atoms with Crippen LogP contribution in [0.4, 0.5) is 0 Å². The number of unbranched alkanes of at least 4 members (excludes halogenated alkanes) is 2. The van der Waals surface area contributed by atoms with E-state index in [0.717, 1.165) is 18.8 Å². The van der Waals surface area contributed by atoms with Crippen LogP contribution in [0.25, 0.3) is 0 Å². The Bertz CT molecular complexity index is 140. The molecule has 0 fully saturated rings. The summed E-state index contributed by atoms with van der Waals surface area (Å²) in [4.78, 5) is 10.7. The van der Waals surface area contributed by atoms with Gasteiger partial charge < -0.3 is 4.74 Å². The summed E-state index contributed by atoms with van der Waals surface area (Å²) in [5.74, 6) is 0.749. The molecule has 0 bridgehead atoms. The van der Waals surface area contributed by atoms with Crippen molar-refractivity contribution in [1.29, 1.82) is 0 Å². The van der Waals surface area contributed by atoms with Gasteiger partial charge in [-0.3, -0.25) is 4.79 Å². The van der Waals surface area contributed by atoms with E-state index in [1.165, 1.54) is 12.8 Å². The maximum Gasteiger partial charge on any atom is 5.00 e. The first kappa shape index (κ1) is 17.0. The molecule has 0 N–H and O–H groups in total. The van der Waals surface area contributed by atoms with Gasteiger partial charge in [0, 0.05) is 0 Å². The third-order valence-electron chi connectivity index (χ3n) is 1.82. The van der Waals surface area contributed by atoms with Crippen LogP contribution in [0.1, 0.15) is 39.5 Å². The van der Waals surface area contributed by atoms with Gasteiger partial charge in [-0.2, -0.15) is 12.6 Å². The molecule has 0 aromatic rings. The predicted octanol–water partition coefficient (Wildman–Crippen LogP) is 2.30. The Labute approximate surface area is 110 Å². The first-order valence-corrected chi connectivity index (χ1v) is 5.56. The molecule has 0 aromatic heterocycles. The zero-order valence-electron chi connectivity index (χ0n) is 9.03. The van der Waals surface area contributed by atoms with Gasteiger partial charge in [0.2, 0.25) is 0 Å². The summed E-state index contributed by atoms with van der Waals surface area (Å²) < 4.78 is 4.88. The Kier molecular flexibility index (Phi) is 14.3. The quantitative estimate of drug-likeness (QED) is 0.336. The van der Waals surface area contributed by atoms with Crippen molar-refractivity contribution in [2.24, 2.45) is 5.92 Å². The van der Waals surface area contributed by atoms with Crippen LogP contribution in [-0.2, 0) is 9.53 Å². The molecule has 0 saturated heterocycles. The first-order chi connectivity index (χ1) is 6.16. The molecule has 0 amide bonds. The van der Waals surface area contributed by atoms with Gasteiger partial charge in [0.15, 0.2) is 0 Å². The molecule has 0 aliphatic rings. The Morgan fingerprint density at radius 3 is 2.43 bits per heavy atom. The number of carbonyl (C=O) groups is 1. The minimum atomic E-state index is -0.216. The van der Waals surface area contributed by atoms with E-state index in [2.05, 4.69) is 26.5 Å². The Morgan fingerprint density at radius 1 is 1.29 bits per heavy atom. The van der Waals surface area contributed by atoms with Crippen LogP contribution in [0.15, 0.2) is 0 Å². The Hall–Kier alpha value is 0.638. The van der Waals surface area contributed by atoms with Crippen LogP contribution >= 0.6 is 12.6 Å². The second kappa shape index (κ2) is 11.7. The molecule has 0 saturated carbocycles. The summed E-state index contributed by atoms with van der Waals surface area (Å²) in [6.07, 6.45) is 4.63.